The maximum absolute atomic E-state index is 6.72. The molecular weight excluding hydrogens is 294 g/mol. The van der Waals surface area contributed by atoms with Crippen LogP contribution >= 0.6 is 0 Å². The van der Waals surface area contributed by atoms with Crippen LogP contribution in [0.15, 0.2) is 35.7 Å². The molecule has 3 aliphatic rings. The monoisotopic (exact) mass is 325 g/mol. The van der Waals surface area contributed by atoms with Crippen LogP contribution in [0.5, 0.6) is 0 Å². The minimum atomic E-state index is 0.227. The van der Waals surface area contributed by atoms with Crippen LogP contribution in [0.25, 0.3) is 0 Å². The van der Waals surface area contributed by atoms with Gasteiger partial charge in [0.15, 0.2) is 6.23 Å². The molecule has 2 nitrogen and oxygen atoms in total. The van der Waals surface area contributed by atoms with Crippen molar-refractivity contribution < 1.29 is 4.74 Å². The van der Waals surface area contributed by atoms with Crippen molar-refractivity contribution in [2.45, 2.75) is 77.9 Å². The Balaban J connectivity index is 1.69. The number of anilines is 1. The Kier molecular flexibility index (Phi) is 4.56. The van der Waals surface area contributed by atoms with E-state index in [1.54, 1.807) is 0 Å². The van der Waals surface area contributed by atoms with Gasteiger partial charge in [-0.2, -0.15) is 0 Å². The molecule has 1 aromatic carbocycles. The van der Waals surface area contributed by atoms with Crippen LogP contribution in [0.2, 0.25) is 0 Å². The molecule has 0 saturated heterocycles. The predicted molar refractivity (Wildman–Crippen MR) is 99.8 cm³/mol. The van der Waals surface area contributed by atoms with Crippen LogP contribution in [0.3, 0.4) is 0 Å². The lowest BCUT2D eigenvalue weighted by Crippen LogP contribution is -2.36. The normalized spacial score (nSPS) is 26.2. The molecule has 0 radical (unpaired) electrons. The Labute approximate surface area is 146 Å². The molecule has 0 bridgehead atoms. The van der Waals surface area contributed by atoms with Gasteiger partial charge < -0.3 is 9.64 Å². The average molecular weight is 325 g/mol. The van der Waals surface area contributed by atoms with Crippen molar-refractivity contribution in [3.63, 3.8) is 0 Å². The summed E-state index contributed by atoms with van der Waals surface area (Å²) < 4.78 is 6.72. The van der Waals surface area contributed by atoms with Crippen LogP contribution in [-0.4, -0.2) is 6.23 Å². The second kappa shape index (κ2) is 6.82. The van der Waals surface area contributed by atoms with Crippen molar-refractivity contribution >= 4 is 5.69 Å². The number of allylic oxidation sites excluding steroid dienone is 2. The largest absolute Gasteiger partial charge is 0.472 e. The van der Waals surface area contributed by atoms with Crippen molar-refractivity contribution in [1.29, 1.82) is 0 Å². The van der Waals surface area contributed by atoms with E-state index in [1.165, 1.54) is 80.5 Å². The second-order valence-corrected chi connectivity index (χ2v) is 7.99. The first-order valence-electron chi connectivity index (χ1n) is 9.98. The van der Waals surface area contributed by atoms with Crippen molar-refractivity contribution in [2.24, 2.45) is 11.8 Å². The zero-order valence-electron chi connectivity index (χ0n) is 15.3. The highest BCUT2D eigenvalue weighted by Gasteiger charge is 2.41. The maximum Gasteiger partial charge on any atom is 0.178 e. The van der Waals surface area contributed by atoms with E-state index in [4.69, 9.17) is 4.74 Å². The molecule has 1 unspecified atom stereocenters. The van der Waals surface area contributed by atoms with Crippen LogP contribution in [0, 0.1) is 18.8 Å². The molecule has 0 aromatic heterocycles. The van der Waals surface area contributed by atoms with E-state index in [9.17, 15) is 0 Å². The molecule has 130 valence electrons. The zero-order chi connectivity index (χ0) is 16.5. The van der Waals surface area contributed by atoms with E-state index in [0.717, 1.165) is 0 Å². The molecule has 1 atom stereocenters. The molecule has 0 spiro atoms. The van der Waals surface area contributed by atoms with Crippen LogP contribution in [-0.2, 0) is 4.74 Å². The first-order valence-corrected chi connectivity index (χ1v) is 9.98. The summed E-state index contributed by atoms with van der Waals surface area (Å²) in [6, 6.07) is 8.81. The van der Waals surface area contributed by atoms with Gasteiger partial charge in [0.05, 0.1) is 5.70 Å². The number of hydrogen-bond acceptors (Lipinski definition) is 2. The van der Waals surface area contributed by atoms with E-state index in [1.807, 2.05) is 0 Å². The summed E-state index contributed by atoms with van der Waals surface area (Å²) in [6.07, 6.45) is 12.3. The smallest absolute Gasteiger partial charge is 0.178 e. The molecule has 1 aromatic rings. The van der Waals surface area contributed by atoms with Gasteiger partial charge in [-0.1, -0.05) is 50.3 Å². The lowest BCUT2D eigenvalue weighted by atomic mass is 9.87. The summed E-state index contributed by atoms with van der Waals surface area (Å²) in [6.45, 7) is 4.53. The topological polar surface area (TPSA) is 12.5 Å². The Morgan fingerprint density at radius 1 is 0.875 bits per heavy atom. The van der Waals surface area contributed by atoms with E-state index in [0.29, 0.717) is 11.8 Å². The Morgan fingerprint density at radius 2 is 1.54 bits per heavy atom. The summed E-state index contributed by atoms with van der Waals surface area (Å²) in [5, 5.41) is 0. The zero-order valence-corrected chi connectivity index (χ0v) is 15.3. The molecule has 0 amide bonds. The van der Waals surface area contributed by atoms with Gasteiger partial charge in [-0.25, -0.2) is 0 Å². The third-order valence-corrected chi connectivity index (χ3v) is 6.37. The van der Waals surface area contributed by atoms with Crippen LogP contribution in [0.1, 0.15) is 70.3 Å². The first-order chi connectivity index (χ1) is 11.8. The SMILES string of the molecule is CC1=C(C2CCCCC2)OC(C2CCCC2)N1c1ccccc1C. The van der Waals surface area contributed by atoms with Gasteiger partial charge in [0, 0.05) is 17.5 Å². The second-order valence-electron chi connectivity index (χ2n) is 7.99. The first kappa shape index (κ1) is 16.1. The molecule has 2 fully saturated rings. The number of benzene rings is 1. The van der Waals surface area contributed by atoms with Gasteiger partial charge in [0.25, 0.3) is 0 Å². The van der Waals surface area contributed by atoms with Gasteiger partial charge in [-0.3, -0.25) is 0 Å². The standard InChI is InChI=1S/C22H31NO/c1-16-10-6-9-15-20(16)23-17(2)21(18-11-4-3-5-12-18)24-22(23)19-13-7-8-14-19/h6,9-10,15,18-19,22H,3-5,7-8,11-14H2,1-2H3. The van der Waals surface area contributed by atoms with Gasteiger partial charge in [-0.05, 0) is 51.2 Å². The number of hydrogen-bond donors (Lipinski definition) is 0. The number of nitrogens with zero attached hydrogens (tertiary/aromatic N) is 1. The van der Waals surface area contributed by atoms with Gasteiger partial charge in [0.2, 0.25) is 0 Å². The lowest BCUT2D eigenvalue weighted by Gasteiger charge is -2.32. The van der Waals surface area contributed by atoms with Crippen LogP contribution < -0.4 is 4.90 Å². The molecule has 1 heterocycles. The minimum Gasteiger partial charge on any atom is -0.472 e. The van der Waals surface area contributed by atoms with Gasteiger partial charge in [0.1, 0.15) is 5.76 Å². The highest BCUT2D eigenvalue weighted by atomic mass is 16.5. The Hall–Kier alpha value is -1.44. The average Bonchev–Trinajstić information content (AvgIpc) is 3.24. The summed E-state index contributed by atoms with van der Waals surface area (Å²) in [7, 11) is 0. The third kappa shape index (κ3) is 2.85. The van der Waals surface area contributed by atoms with Crippen molar-refractivity contribution in [2.75, 3.05) is 4.90 Å². The molecule has 4 rings (SSSR count). The fourth-order valence-corrected chi connectivity index (χ4v) is 5.04. The van der Waals surface area contributed by atoms with Gasteiger partial charge in [-0.15, -0.1) is 0 Å². The predicted octanol–water partition coefficient (Wildman–Crippen LogP) is 6.16. The number of para-hydroxylation sites is 1. The van der Waals surface area contributed by atoms with E-state index >= 15 is 0 Å². The van der Waals surface area contributed by atoms with Crippen molar-refractivity contribution in [1.82, 2.24) is 0 Å². The molecule has 1 aliphatic heterocycles. The fraction of sp³-hybridized carbons (Fsp3) is 0.636. The highest BCUT2D eigenvalue weighted by Crippen LogP contribution is 2.45. The number of aryl methyl sites for hydroxylation is 1. The summed E-state index contributed by atoms with van der Waals surface area (Å²) in [4.78, 5) is 2.54. The highest BCUT2D eigenvalue weighted by molar-refractivity contribution is 5.59. The van der Waals surface area contributed by atoms with Crippen molar-refractivity contribution in [3.05, 3.63) is 41.3 Å². The third-order valence-electron chi connectivity index (χ3n) is 6.37. The summed E-state index contributed by atoms with van der Waals surface area (Å²) in [5.74, 6) is 2.65. The molecular formula is C22H31NO. The molecule has 2 aliphatic carbocycles. The quantitative estimate of drug-likeness (QED) is 0.660. The van der Waals surface area contributed by atoms with Crippen molar-refractivity contribution in [3.8, 4) is 0 Å². The molecule has 2 saturated carbocycles. The molecule has 0 N–H and O–H groups in total. The van der Waals surface area contributed by atoms with E-state index in [-0.39, 0.29) is 6.23 Å². The maximum atomic E-state index is 6.72. The summed E-state index contributed by atoms with van der Waals surface area (Å²) in [5.41, 5.74) is 4.08. The molecule has 2 heteroatoms. The van der Waals surface area contributed by atoms with E-state index < -0.39 is 0 Å². The number of ether oxygens (including phenoxy) is 1. The Bertz CT molecular complexity index is 608. The summed E-state index contributed by atoms with van der Waals surface area (Å²) >= 11 is 0. The number of rotatable bonds is 3. The lowest BCUT2D eigenvalue weighted by molar-refractivity contribution is 0.0685. The molecule has 24 heavy (non-hydrogen) atoms. The Morgan fingerprint density at radius 3 is 2.25 bits per heavy atom. The van der Waals surface area contributed by atoms with Gasteiger partial charge >= 0.3 is 0 Å². The minimum absolute atomic E-state index is 0.227. The van der Waals surface area contributed by atoms with Crippen LogP contribution in [0.4, 0.5) is 5.69 Å². The van der Waals surface area contributed by atoms with E-state index in [2.05, 4.69) is 43.0 Å². The fourth-order valence-electron chi connectivity index (χ4n) is 5.04.